The largest absolute Gasteiger partial charge is 0.395 e. The summed E-state index contributed by atoms with van der Waals surface area (Å²) in [6, 6.07) is 0. The fraction of sp³-hybridized carbons (Fsp3) is 1.00. The molecule has 0 spiro atoms. The minimum atomic E-state index is -0.369. The van der Waals surface area contributed by atoms with Crippen molar-refractivity contribution in [2.75, 3.05) is 46.1 Å². The van der Waals surface area contributed by atoms with Crippen LogP contribution in [0.1, 0.15) is 6.92 Å². The number of ether oxygens (including phenoxy) is 1. The summed E-state index contributed by atoms with van der Waals surface area (Å²) in [4.78, 5) is 9.24. The Morgan fingerprint density at radius 1 is 1.12 bits per heavy atom. The van der Waals surface area contributed by atoms with Gasteiger partial charge in [0.15, 0.2) is 0 Å². The van der Waals surface area contributed by atoms with E-state index < -0.39 is 0 Å². The Balaban J connectivity index is 3.39. The molecule has 0 amide bonds. The Kier molecular flexibility index (Phi) is 11.0. The van der Waals surface area contributed by atoms with Gasteiger partial charge in [-0.3, -0.25) is 10.1 Å². The Labute approximate surface area is 95.0 Å². The predicted molar refractivity (Wildman–Crippen MR) is 55.7 cm³/mol. The molecule has 0 heterocycles. The van der Waals surface area contributed by atoms with Crippen LogP contribution in [0.15, 0.2) is 0 Å². The lowest BCUT2D eigenvalue weighted by molar-refractivity contribution is -0.283. The zero-order chi connectivity index (χ0) is 12.2. The first-order chi connectivity index (χ1) is 7.74. The molecule has 1 unspecified atom stereocenters. The maximum atomic E-state index is 8.69. The summed E-state index contributed by atoms with van der Waals surface area (Å²) < 4.78 is 5.13. The summed E-state index contributed by atoms with van der Waals surface area (Å²) in [6.07, 6.45) is -0.369. The van der Waals surface area contributed by atoms with E-state index in [1.165, 1.54) is 5.06 Å². The summed E-state index contributed by atoms with van der Waals surface area (Å²) in [6.45, 7) is 3.24. The van der Waals surface area contributed by atoms with Crippen molar-refractivity contribution in [3.63, 3.8) is 0 Å². The zero-order valence-electron chi connectivity index (χ0n) is 9.54. The van der Waals surface area contributed by atoms with E-state index in [9.17, 15) is 0 Å². The van der Waals surface area contributed by atoms with Gasteiger partial charge < -0.3 is 14.9 Å². The summed E-state index contributed by atoms with van der Waals surface area (Å²) in [5.41, 5.74) is 0. The van der Waals surface area contributed by atoms with Gasteiger partial charge in [-0.2, -0.15) is 5.06 Å². The van der Waals surface area contributed by atoms with Crippen LogP contribution in [0.25, 0.3) is 0 Å². The molecule has 0 aliphatic carbocycles. The SMILES string of the molecule is CC(COCCON(CCO)CCO)OO. The summed E-state index contributed by atoms with van der Waals surface area (Å²) in [5.74, 6) is 0. The molecule has 0 saturated heterocycles. The number of aliphatic hydroxyl groups is 2. The number of rotatable bonds is 11. The average molecular weight is 239 g/mol. The lowest BCUT2D eigenvalue weighted by atomic mass is 10.4. The third-order valence-corrected chi connectivity index (χ3v) is 1.73. The molecule has 0 aromatic carbocycles. The second-order valence-electron chi connectivity index (χ2n) is 3.20. The van der Waals surface area contributed by atoms with E-state index in [-0.39, 0.29) is 25.9 Å². The molecule has 7 nitrogen and oxygen atoms in total. The van der Waals surface area contributed by atoms with Gasteiger partial charge in [0.25, 0.3) is 0 Å². The van der Waals surface area contributed by atoms with Gasteiger partial charge in [0, 0.05) is 13.1 Å². The van der Waals surface area contributed by atoms with Gasteiger partial charge in [0.2, 0.25) is 0 Å². The van der Waals surface area contributed by atoms with E-state index >= 15 is 0 Å². The topological polar surface area (TPSA) is 91.6 Å². The molecule has 0 fully saturated rings. The highest BCUT2D eigenvalue weighted by Gasteiger charge is 2.04. The Bertz CT molecular complexity index is 142. The third kappa shape index (κ3) is 8.98. The van der Waals surface area contributed by atoms with Crippen LogP contribution in [0.3, 0.4) is 0 Å². The molecule has 0 saturated carbocycles. The fourth-order valence-electron chi connectivity index (χ4n) is 0.969. The van der Waals surface area contributed by atoms with E-state index in [2.05, 4.69) is 4.89 Å². The van der Waals surface area contributed by atoms with Crippen LogP contribution in [0.2, 0.25) is 0 Å². The molecular formula is C9H21NO6. The molecule has 0 radical (unpaired) electrons. The predicted octanol–water partition coefficient (Wildman–Crippen LogP) is -0.901. The van der Waals surface area contributed by atoms with Crippen LogP contribution in [-0.4, -0.2) is 72.8 Å². The molecule has 0 rings (SSSR count). The Morgan fingerprint density at radius 2 is 1.75 bits per heavy atom. The molecule has 0 aliphatic heterocycles. The van der Waals surface area contributed by atoms with Crippen molar-refractivity contribution >= 4 is 0 Å². The molecule has 0 aliphatic rings. The van der Waals surface area contributed by atoms with Gasteiger partial charge in [-0.05, 0) is 6.92 Å². The fourth-order valence-corrected chi connectivity index (χ4v) is 0.969. The van der Waals surface area contributed by atoms with Crippen LogP contribution in [0.4, 0.5) is 0 Å². The van der Waals surface area contributed by atoms with Crippen LogP contribution in [-0.2, 0) is 14.5 Å². The standard InChI is InChI=1S/C9H21NO6/c1-9(16-13)8-14-6-7-15-10(2-4-11)3-5-12/h9,11-13H,2-8H2,1H3. The second-order valence-corrected chi connectivity index (χ2v) is 3.20. The monoisotopic (exact) mass is 239 g/mol. The molecule has 0 bridgehead atoms. The Hall–Kier alpha value is -0.280. The maximum absolute atomic E-state index is 8.69. The first kappa shape index (κ1) is 15.7. The van der Waals surface area contributed by atoms with Gasteiger partial charge >= 0.3 is 0 Å². The lowest BCUT2D eigenvalue weighted by Gasteiger charge is -2.19. The first-order valence-corrected chi connectivity index (χ1v) is 5.22. The van der Waals surface area contributed by atoms with Crippen molar-refractivity contribution in [3.8, 4) is 0 Å². The number of hydrogen-bond donors (Lipinski definition) is 3. The lowest BCUT2D eigenvalue weighted by Crippen LogP contribution is -2.31. The summed E-state index contributed by atoms with van der Waals surface area (Å²) in [5, 5.41) is 27.1. The average Bonchev–Trinajstić information content (AvgIpc) is 2.28. The highest BCUT2D eigenvalue weighted by Crippen LogP contribution is 1.92. The second kappa shape index (κ2) is 11.2. The molecule has 98 valence electrons. The molecular weight excluding hydrogens is 218 g/mol. The minimum Gasteiger partial charge on any atom is -0.395 e. The molecule has 3 N–H and O–H groups in total. The van der Waals surface area contributed by atoms with E-state index in [4.69, 9.17) is 25.0 Å². The molecule has 0 aromatic heterocycles. The quantitative estimate of drug-likeness (QED) is 0.244. The molecule has 0 aromatic rings. The van der Waals surface area contributed by atoms with Crippen molar-refractivity contribution in [2.24, 2.45) is 0 Å². The van der Waals surface area contributed by atoms with Crippen LogP contribution in [0, 0.1) is 0 Å². The van der Waals surface area contributed by atoms with E-state index in [1.807, 2.05) is 0 Å². The minimum absolute atomic E-state index is 0.0315. The van der Waals surface area contributed by atoms with Crippen molar-refractivity contribution in [2.45, 2.75) is 13.0 Å². The molecule has 7 heteroatoms. The normalized spacial score (nSPS) is 13.3. The van der Waals surface area contributed by atoms with Gasteiger partial charge in [-0.25, -0.2) is 4.89 Å². The van der Waals surface area contributed by atoms with Crippen LogP contribution < -0.4 is 0 Å². The Morgan fingerprint density at radius 3 is 2.25 bits per heavy atom. The maximum Gasteiger partial charge on any atom is 0.113 e. The highest BCUT2D eigenvalue weighted by molar-refractivity contribution is 4.45. The smallest absolute Gasteiger partial charge is 0.113 e. The summed E-state index contributed by atoms with van der Waals surface area (Å²) in [7, 11) is 0. The third-order valence-electron chi connectivity index (χ3n) is 1.73. The van der Waals surface area contributed by atoms with E-state index in [0.29, 0.717) is 26.3 Å². The van der Waals surface area contributed by atoms with Crippen molar-refractivity contribution in [1.82, 2.24) is 5.06 Å². The van der Waals surface area contributed by atoms with Crippen LogP contribution >= 0.6 is 0 Å². The van der Waals surface area contributed by atoms with E-state index in [0.717, 1.165) is 0 Å². The van der Waals surface area contributed by atoms with Gasteiger partial charge in [0.05, 0.1) is 33.0 Å². The number of nitrogens with zero attached hydrogens (tertiary/aromatic N) is 1. The molecule has 1 atom stereocenters. The first-order valence-electron chi connectivity index (χ1n) is 5.22. The van der Waals surface area contributed by atoms with Crippen molar-refractivity contribution in [3.05, 3.63) is 0 Å². The van der Waals surface area contributed by atoms with E-state index in [1.54, 1.807) is 6.92 Å². The highest BCUT2D eigenvalue weighted by atomic mass is 17.1. The number of hydrogen-bond acceptors (Lipinski definition) is 7. The van der Waals surface area contributed by atoms with Gasteiger partial charge in [-0.15, -0.1) is 0 Å². The van der Waals surface area contributed by atoms with Crippen molar-refractivity contribution < 1.29 is 29.9 Å². The summed E-state index contributed by atoms with van der Waals surface area (Å²) >= 11 is 0. The van der Waals surface area contributed by atoms with Gasteiger partial charge in [0.1, 0.15) is 6.10 Å². The number of hydroxylamine groups is 2. The van der Waals surface area contributed by atoms with Crippen LogP contribution in [0.5, 0.6) is 0 Å². The number of aliphatic hydroxyl groups excluding tert-OH is 2. The zero-order valence-corrected chi connectivity index (χ0v) is 9.54. The molecule has 16 heavy (non-hydrogen) atoms. The van der Waals surface area contributed by atoms with Gasteiger partial charge in [-0.1, -0.05) is 0 Å². The van der Waals surface area contributed by atoms with Crippen molar-refractivity contribution in [1.29, 1.82) is 0 Å².